The summed E-state index contributed by atoms with van der Waals surface area (Å²) in [7, 11) is 0. The summed E-state index contributed by atoms with van der Waals surface area (Å²) in [5.74, 6) is 0.219. The Morgan fingerprint density at radius 3 is 2.62 bits per heavy atom. The number of phenolic OH excluding ortho intramolecular Hbond substituents is 1. The van der Waals surface area contributed by atoms with E-state index in [2.05, 4.69) is 10.2 Å². The number of phenols is 1. The van der Waals surface area contributed by atoms with Crippen molar-refractivity contribution in [3.8, 4) is 5.75 Å². The Morgan fingerprint density at radius 1 is 1.31 bits per heavy atom. The van der Waals surface area contributed by atoms with Crippen molar-refractivity contribution in [1.29, 1.82) is 0 Å². The highest BCUT2D eigenvalue weighted by molar-refractivity contribution is 6.30. The maximum Gasteiger partial charge on any atom is 0.282 e. The maximum atomic E-state index is 11.0. The first-order chi connectivity index (χ1) is 7.65. The summed E-state index contributed by atoms with van der Waals surface area (Å²) >= 11 is 5.68. The summed E-state index contributed by atoms with van der Waals surface area (Å²) < 4.78 is 0. The van der Waals surface area contributed by atoms with E-state index < -0.39 is 5.56 Å². The van der Waals surface area contributed by atoms with Gasteiger partial charge in [0.2, 0.25) is 0 Å². The monoisotopic (exact) mass is 236 g/mol. The molecule has 0 aliphatic carbocycles. The van der Waals surface area contributed by atoms with Crippen LogP contribution in [0.15, 0.2) is 35.1 Å². The van der Waals surface area contributed by atoms with Crippen LogP contribution in [0, 0.1) is 0 Å². The molecule has 0 aliphatic rings. The van der Waals surface area contributed by atoms with Crippen LogP contribution >= 0.6 is 11.6 Å². The van der Waals surface area contributed by atoms with Crippen molar-refractivity contribution in [2.45, 2.75) is 6.42 Å². The van der Waals surface area contributed by atoms with Crippen LogP contribution < -0.4 is 5.56 Å². The normalized spacial score (nSPS) is 10.3. The molecule has 2 rings (SSSR count). The average Bonchev–Trinajstić information content (AvgIpc) is 2.27. The first-order valence-corrected chi connectivity index (χ1v) is 5.05. The third kappa shape index (κ3) is 2.41. The lowest BCUT2D eigenvalue weighted by molar-refractivity contribution is 0.475. The minimum Gasteiger partial charge on any atom is -0.508 e. The van der Waals surface area contributed by atoms with Gasteiger partial charge in [0.05, 0.1) is 5.69 Å². The Morgan fingerprint density at radius 2 is 2.00 bits per heavy atom. The molecular weight excluding hydrogens is 228 g/mol. The van der Waals surface area contributed by atoms with Crippen LogP contribution in [-0.2, 0) is 6.42 Å². The second-order valence-corrected chi connectivity index (χ2v) is 3.79. The molecular formula is C11H9ClN2O2. The molecule has 1 aromatic carbocycles. The fourth-order valence-electron chi connectivity index (χ4n) is 1.33. The standard InChI is InChI=1S/C11H9ClN2O2/c12-10-6-8(13-14-11(10)16)5-7-1-3-9(15)4-2-7/h1-4,6,15H,5H2,(H,14,16). The molecule has 0 saturated carbocycles. The van der Waals surface area contributed by atoms with Crippen molar-refractivity contribution < 1.29 is 5.11 Å². The number of hydrogen-bond donors (Lipinski definition) is 2. The van der Waals surface area contributed by atoms with Crippen molar-refractivity contribution in [3.63, 3.8) is 0 Å². The van der Waals surface area contributed by atoms with Crippen LogP contribution in [0.2, 0.25) is 5.02 Å². The highest BCUT2D eigenvalue weighted by Gasteiger charge is 2.02. The van der Waals surface area contributed by atoms with Crippen molar-refractivity contribution in [2.75, 3.05) is 0 Å². The number of H-pyrrole nitrogens is 1. The Balaban J connectivity index is 2.23. The second-order valence-electron chi connectivity index (χ2n) is 3.38. The predicted molar refractivity (Wildman–Crippen MR) is 60.8 cm³/mol. The van der Waals surface area contributed by atoms with E-state index in [4.69, 9.17) is 16.7 Å². The van der Waals surface area contributed by atoms with Crippen LogP contribution in [0.4, 0.5) is 0 Å². The fraction of sp³-hybridized carbons (Fsp3) is 0.0909. The van der Waals surface area contributed by atoms with Crippen LogP contribution in [0.5, 0.6) is 5.75 Å². The zero-order valence-corrected chi connectivity index (χ0v) is 9.03. The minimum absolute atomic E-state index is 0.128. The summed E-state index contributed by atoms with van der Waals surface area (Å²) in [4.78, 5) is 11.0. The number of aromatic nitrogens is 2. The summed E-state index contributed by atoms with van der Waals surface area (Å²) in [6, 6.07) is 8.31. The molecule has 1 aromatic heterocycles. The van der Waals surface area contributed by atoms with Crippen LogP contribution in [0.25, 0.3) is 0 Å². The molecule has 0 spiro atoms. The van der Waals surface area contributed by atoms with Gasteiger partial charge >= 0.3 is 0 Å². The molecule has 5 heteroatoms. The van der Waals surface area contributed by atoms with Crippen LogP contribution in [-0.4, -0.2) is 15.3 Å². The van der Waals surface area contributed by atoms with E-state index >= 15 is 0 Å². The number of halogens is 1. The molecule has 0 amide bonds. The summed E-state index contributed by atoms with van der Waals surface area (Å²) in [5.41, 5.74) is 1.26. The Kier molecular flexibility index (Phi) is 2.92. The van der Waals surface area contributed by atoms with Gasteiger partial charge in [0, 0.05) is 6.42 Å². The molecule has 0 atom stereocenters. The molecule has 2 aromatic rings. The first kappa shape index (κ1) is 10.7. The highest BCUT2D eigenvalue weighted by atomic mass is 35.5. The Labute approximate surface area is 96.5 Å². The first-order valence-electron chi connectivity index (χ1n) is 4.67. The van der Waals surface area contributed by atoms with Gasteiger partial charge in [-0.05, 0) is 23.8 Å². The van der Waals surface area contributed by atoms with Crippen molar-refractivity contribution in [2.24, 2.45) is 0 Å². The third-order valence-electron chi connectivity index (χ3n) is 2.13. The van der Waals surface area contributed by atoms with E-state index in [1.165, 1.54) is 6.07 Å². The number of benzene rings is 1. The molecule has 0 saturated heterocycles. The van der Waals surface area contributed by atoms with Gasteiger partial charge in [-0.2, -0.15) is 5.10 Å². The Bertz CT molecular complexity index is 549. The molecule has 0 radical (unpaired) electrons. The maximum absolute atomic E-state index is 11.0. The van der Waals surface area contributed by atoms with E-state index in [1.807, 2.05) is 0 Å². The van der Waals surface area contributed by atoms with Gasteiger partial charge in [-0.15, -0.1) is 0 Å². The Hall–Kier alpha value is -1.81. The van der Waals surface area contributed by atoms with Crippen LogP contribution in [0.3, 0.4) is 0 Å². The quantitative estimate of drug-likeness (QED) is 0.834. The van der Waals surface area contributed by atoms with E-state index in [0.29, 0.717) is 12.1 Å². The molecule has 0 bridgehead atoms. The molecule has 0 fully saturated rings. The molecule has 0 unspecified atom stereocenters. The van der Waals surface area contributed by atoms with Gasteiger partial charge < -0.3 is 5.11 Å². The lowest BCUT2D eigenvalue weighted by Gasteiger charge is -2.01. The van der Waals surface area contributed by atoms with E-state index in [1.54, 1.807) is 24.3 Å². The van der Waals surface area contributed by atoms with Gasteiger partial charge in [0.1, 0.15) is 10.8 Å². The lowest BCUT2D eigenvalue weighted by atomic mass is 10.1. The highest BCUT2D eigenvalue weighted by Crippen LogP contribution is 2.13. The number of hydrogen-bond acceptors (Lipinski definition) is 3. The molecule has 0 aliphatic heterocycles. The summed E-state index contributed by atoms with van der Waals surface area (Å²) in [5, 5.41) is 15.4. The summed E-state index contributed by atoms with van der Waals surface area (Å²) in [6.45, 7) is 0. The zero-order valence-electron chi connectivity index (χ0n) is 8.27. The molecule has 2 N–H and O–H groups in total. The fourth-order valence-corrected chi connectivity index (χ4v) is 1.50. The number of aromatic amines is 1. The predicted octanol–water partition coefficient (Wildman–Crippen LogP) is 1.72. The largest absolute Gasteiger partial charge is 0.508 e. The van der Waals surface area contributed by atoms with Gasteiger partial charge in [0.25, 0.3) is 5.56 Å². The van der Waals surface area contributed by atoms with Crippen molar-refractivity contribution in [3.05, 3.63) is 57.0 Å². The number of aromatic hydroxyl groups is 1. The van der Waals surface area contributed by atoms with Gasteiger partial charge in [-0.3, -0.25) is 4.79 Å². The van der Waals surface area contributed by atoms with Gasteiger partial charge in [-0.1, -0.05) is 23.7 Å². The average molecular weight is 237 g/mol. The molecule has 82 valence electrons. The summed E-state index contributed by atoms with van der Waals surface area (Å²) in [6.07, 6.45) is 0.552. The van der Waals surface area contributed by atoms with E-state index in [9.17, 15) is 4.79 Å². The zero-order chi connectivity index (χ0) is 11.5. The topological polar surface area (TPSA) is 66.0 Å². The number of nitrogens with zero attached hydrogens (tertiary/aromatic N) is 1. The smallest absolute Gasteiger partial charge is 0.282 e. The number of nitrogens with one attached hydrogen (secondary N) is 1. The second kappa shape index (κ2) is 4.37. The van der Waals surface area contributed by atoms with Gasteiger partial charge in [-0.25, -0.2) is 5.10 Å². The van der Waals surface area contributed by atoms with E-state index in [-0.39, 0.29) is 10.8 Å². The van der Waals surface area contributed by atoms with Crippen molar-refractivity contribution >= 4 is 11.6 Å². The lowest BCUT2D eigenvalue weighted by Crippen LogP contribution is -2.10. The SMILES string of the molecule is O=c1[nH]nc(Cc2ccc(O)cc2)cc1Cl. The molecule has 4 nitrogen and oxygen atoms in total. The third-order valence-corrected chi connectivity index (χ3v) is 2.41. The van der Waals surface area contributed by atoms with Gasteiger partial charge in [0.15, 0.2) is 0 Å². The molecule has 1 heterocycles. The van der Waals surface area contributed by atoms with Crippen molar-refractivity contribution in [1.82, 2.24) is 10.2 Å². The van der Waals surface area contributed by atoms with E-state index in [0.717, 1.165) is 5.56 Å². The number of rotatable bonds is 2. The van der Waals surface area contributed by atoms with Crippen LogP contribution in [0.1, 0.15) is 11.3 Å². The molecule has 16 heavy (non-hydrogen) atoms. The minimum atomic E-state index is -0.392.